The van der Waals surface area contributed by atoms with Crippen LogP contribution in [0.3, 0.4) is 0 Å². The lowest BCUT2D eigenvalue weighted by atomic mass is 10.2. The highest BCUT2D eigenvalue weighted by Gasteiger charge is 2.18. The van der Waals surface area contributed by atoms with Crippen molar-refractivity contribution in [2.24, 2.45) is 0 Å². The molecule has 2 rings (SSSR count). The van der Waals surface area contributed by atoms with Gasteiger partial charge >= 0.3 is 11.8 Å². The normalized spacial score (nSPS) is 11.8. The van der Waals surface area contributed by atoms with Crippen molar-refractivity contribution in [1.29, 1.82) is 0 Å². The largest absolute Gasteiger partial charge is 0.469 e. The lowest BCUT2D eigenvalue weighted by molar-refractivity contribution is -0.136. The lowest BCUT2D eigenvalue weighted by Crippen LogP contribution is -2.41. The Bertz CT molecular complexity index is 671. The van der Waals surface area contributed by atoms with Crippen LogP contribution in [0.2, 0.25) is 0 Å². The van der Waals surface area contributed by atoms with Gasteiger partial charge in [0.2, 0.25) is 0 Å². The lowest BCUT2D eigenvalue weighted by Gasteiger charge is -2.12. The Morgan fingerprint density at radius 1 is 1.23 bits per heavy atom. The van der Waals surface area contributed by atoms with Crippen LogP contribution < -0.4 is 10.6 Å². The van der Waals surface area contributed by atoms with Gasteiger partial charge in [0.15, 0.2) is 0 Å². The number of benzene rings is 1. The van der Waals surface area contributed by atoms with E-state index in [1.165, 1.54) is 6.26 Å². The number of carbonyl (C=O) groups is 2. The van der Waals surface area contributed by atoms with Crippen molar-refractivity contribution in [2.75, 3.05) is 5.32 Å². The minimum absolute atomic E-state index is 0.264. The predicted molar refractivity (Wildman–Crippen MR) is 75.0 cm³/mol. The molecule has 0 saturated carbocycles. The van der Waals surface area contributed by atoms with Crippen molar-refractivity contribution in [3.63, 3.8) is 0 Å². The van der Waals surface area contributed by atoms with Crippen LogP contribution in [-0.2, 0) is 16.0 Å². The van der Waals surface area contributed by atoms with Crippen molar-refractivity contribution in [3.8, 4) is 0 Å². The number of anilines is 1. The Morgan fingerprint density at radius 2 is 2.00 bits per heavy atom. The Morgan fingerprint density at radius 3 is 2.64 bits per heavy atom. The molecule has 1 heterocycles. The molecule has 1 unspecified atom stereocenters. The summed E-state index contributed by atoms with van der Waals surface area (Å²) in [4.78, 5) is 23.4. The van der Waals surface area contributed by atoms with Crippen molar-refractivity contribution in [3.05, 3.63) is 54.0 Å². The fraction of sp³-hybridized carbons (Fsp3) is 0.200. The fourth-order valence-electron chi connectivity index (χ4n) is 1.84. The molecule has 1 aromatic carbocycles. The van der Waals surface area contributed by atoms with E-state index in [-0.39, 0.29) is 11.7 Å². The van der Waals surface area contributed by atoms with E-state index in [0.29, 0.717) is 18.2 Å². The monoisotopic (exact) mass is 308 g/mol. The van der Waals surface area contributed by atoms with Crippen molar-refractivity contribution in [2.45, 2.75) is 19.4 Å². The smallest absolute Gasteiger partial charge is 0.313 e. The van der Waals surface area contributed by atoms with E-state index in [1.807, 2.05) is 0 Å². The first kappa shape index (κ1) is 15.7. The molecule has 0 spiro atoms. The number of rotatable bonds is 4. The Kier molecular flexibility index (Phi) is 4.88. The molecule has 116 valence electrons. The topological polar surface area (TPSA) is 71.3 Å². The van der Waals surface area contributed by atoms with E-state index in [1.54, 1.807) is 19.1 Å². The summed E-state index contributed by atoms with van der Waals surface area (Å²) in [7, 11) is 0. The second-order valence-corrected chi connectivity index (χ2v) is 4.74. The molecular formula is C15H14F2N2O3. The zero-order chi connectivity index (χ0) is 16.1. The van der Waals surface area contributed by atoms with Crippen molar-refractivity contribution < 1.29 is 22.8 Å². The molecule has 2 aromatic rings. The highest BCUT2D eigenvalue weighted by atomic mass is 19.1. The fourth-order valence-corrected chi connectivity index (χ4v) is 1.84. The molecule has 1 aromatic heterocycles. The predicted octanol–water partition coefficient (Wildman–Crippen LogP) is 2.24. The molecule has 0 saturated heterocycles. The van der Waals surface area contributed by atoms with Gasteiger partial charge in [0.25, 0.3) is 0 Å². The van der Waals surface area contributed by atoms with Gasteiger partial charge < -0.3 is 15.1 Å². The number of furan rings is 1. The van der Waals surface area contributed by atoms with Crippen LogP contribution >= 0.6 is 0 Å². The van der Waals surface area contributed by atoms with Gasteiger partial charge in [0.1, 0.15) is 17.4 Å². The molecule has 5 nitrogen and oxygen atoms in total. The van der Waals surface area contributed by atoms with Gasteiger partial charge in [-0.2, -0.15) is 0 Å². The van der Waals surface area contributed by atoms with E-state index < -0.39 is 23.4 Å². The quantitative estimate of drug-likeness (QED) is 0.851. The molecule has 0 bridgehead atoms. The molecule has 2 N–H and O–H groups in total. The summed E-state index contributed by atoms with van der Waals surface area (Å²) >= 11 is 0. The molecule has 0 aliphatic carbocycles. The number of nitrogens with one attached hydrogen (secondary N) is 2. The number of amides is 2. The zero-order valence-electron chi connectivity index (χ0n) is 11.7. The van der Waals surface area contributed by atoms with Gasteiger partial charge in [-0.05, 0) is 31.2 Å². The van der Waals surface area contributed by atoms with Crippen LogP contribution in [0.4, 0.5) is 14.5 Å². The van der Waals surface area contributed by atoms with Gasteiger partial charge in [-0.3, -0.25) is 9.59 Å². The molecule has 0 fully saturated rings. The third-order valence-corrected chi connectivity index (χ3v) is 2.85. The first-order valence-electron chi connectivity index (χ1n) is 6.55. The maximum Gasteiger partial charge on any atom is 0.313 e. The number of hydrogen-bond acceptors (Lipinski definition) is 3. The van der Waals surface area contributed by atoms with E-state index in [2.05, 4.69) is 10.6 Å². The molecule has 2 amide bonds. The van der Waals surface area contributed by atoms with Crippen LogP contribution in [0.25, 0.3) is 0 Å². The second kappa shape index (κ2) is 6.84. The van der Waals surface area contributed by atoms with Crippen LogP contribution in [0.5, 0.6) is 0 Å². The molecule has 0 aliphatic heterocycles. The second-order valence-electron chi connectivity index (χ2n) is 4.74. The maximum absolute atomic E-state index is 13.4. The Balaban J connectivity index is 1.90. The standard InChI is InChI=1S/C15H14F2N2O3/c1-9(7-11-3-2-6-22-11)18-14(20)15(21)19-13-5-4-10(16)8-12(13)17/h2-6,8-9H,7H2,1H3,(H,18,20)(H,19,21). The molecular weight excluding hydrogens is 294 g/mol. The van der Waals surface area contributed by atoms with Gasteiger partial charge in [-0.1, -0.05) is 0 Å². The van der Waals surface area contributed by atoms with Crippen LogP contribution in [0.15, 0.2) is 41.0 Å². The third-order valence-electron chi connectivity index (χ3n) is 2.85. The molecule has 7 heteroatoms. The third kappa shape index (κ3) is 4.15. The molecule has 0 aliphatic rings. The van der Waals surface area contributed by atoms with E-state index in [9.17, 15) is 18.4 Å². The average molecular weight is 308 g/mol. The number of halogens is 2. The molecule has 1 atom stereocenters. The number of carbonyl (C=O) groups excluding carboxylic acids is 2. The highest BCUT2D eigenvalue weighted by Crippen LogP contribution is 2.14. The first-order chi connectivity index (χ1) is 10.5. The van der Waals surface area contributed by atoms with Crippen LogP contribution in [0, 0.1) is 11.6 Å². The van der Waals surface area contributed by atoms with Gasteiger partial charge in [-0.25, -0.2) is 8.78 Å². The highest BCUT2D eigenvalue weighted by molar-refractivity contribution is 6.39. The van der Waals surface area contributed by atoms with Gasteiger partial charge in [-0.15, -0.1) is 0 Å². The maximum atomic E-state index is 13.4. The van der Waals surface area contributed by atoms with E-state index in [4.69, 9.17) is 4.42 Å². The minimum atomic E-state index is -1.03. The van der Waals surface area contributed by atoms with Gasteiger partial charge in [0, 0.05) is 18.5 Å². The summed E-state index contributed by atoms with van der Waals surface area (Å²) < 4.78 is 31.3. The first-order valence-corrected chi connectivity index (χ1v) is 6.55. The van der Waals surface area contributed by atoms with Crippen molar-refractivity contribution >= 4 is 17.5 Å². The average Bonchev–Trinajstić information content (AvgIpc) is 2.94. The van der Waals surface area contributed by atoms with Crippen LogP contribution in [-0.4, -0.2) is 17.9 Å². The molecule has 22 heavy (non-hydrogen) atoms. The molecule has 0 radical (unpaired) electrons. The summed E-state index contributed by atoms with van der Waals surface area (Å²) in [5.41, 5.74) is -0.264. The Hall–Kier alpha value is -2.70. The summed E-state index contributed by atoms with van der Waals surface area (Å²) in [6.07, 6.45) is 1.92. The van der Waals surface area contributed by atoms with E-state index in [0.717, 1.165) is 12.1 Å². The SMILES string of the molecule is CC(Cc1ccco1)NC(=O)C(=O)Nc1ccc(F)cc1F. The van der Waals surface area contributed by atoms with Crippen LogP contribution in [0.1, 0.15) is 12.7 Å². The zero-order valence-corrected chi connectivity index (χ0v) is 11.7. The van der Waals surface area contributed by atoms with Crippen molar-refractivity contribution in [1.82, 2.24) is 5.32 Å². The number of hydrogen-bond donors (Lipinski definition) is 2. The summed E-state index contributed by atoms with van der Waals surface area (Å²) in [5.74, 6) is -3.01. The summed E-state index contributed by atoms with van der Waals surface area (Å²) in [6, 6.07) is 5.76. The van der Waals surface area contributed by atoms with E-state index >= 15 is 0 Å². The minimum Gasteiger partial charge on any atom is -0.469 e. The van der Waals surface area contributed by atoms with Gasteiger partial charge in [0.05, 0.1) is 12.0 Å². The Labute approximate surface area is 125 Å². The summed E-state index contributed by atoms with van der Waals surface area (Å²) in [6.45, 7) is 1.70. The summed E-state index contributed by atoms with van der Waals surface area (Å²) in [5, 5.41) is 4.55.